The standard InChI is InChI=1S/C11H21N5/c1-8(2)13-11-15-14-10(6-7-12)16(11)9-4-3-5-9/h8-9H,3-7,12H2,1-2H3,(H,13,15). The van der Waals surface area contributed by atoms with Gasteiger partial charge in [0, 0.05) is 18.5 Å². The lowest BCUT2D eigenvalue weighted by Crippen LogP contribution is -2.24. The molecule has 5 nitrogen and oxygen atoms in total. The van der Waals surface area contributed by atoms with Crippen molar-refractivity contribution in [3.05, 3.63) is 5.82 Å². The Kier molecular flexibility index (Phi) is 3.43. The molecule has 1 saturated carbocycles. The molecule has 5 heteroatoms. The molecule has 2 rings (SSSR count). The molecule has 1 aliphatic carbocycles. The van der Waals surface area contributed by atoms with E-state index in [1.54, 1.807) is 0 Å². The maximum absolute atomic E-state index is 5.60. The number of anilines is 1. The molecule has 0 aromatic carbocycles. The highest BCUT2D eigenvalue weighted by Crippen LogP contribution is 2.34. The average Bonchev–Trinajstić information content (AvgIpc) is 2.48. The van der Waals surface area contributed by atoms with Crippen LogP contribution in [0.25, 0.3) is 0 Å². The second-order valence-corrected chi connectivity index (χ2v) is 4.73. The van der Waals surface area contributed by atoms with Crippen LogP contribution >= 0.6 is 0 Å². The van der Waals surface area contributed by atoms with E-state index >= 15 is 0 Å². The van der Waals surface area contributed by atoms with Crippen molar-refractivity contribution >= 4 is 5.95 Å². The number of nitrogens with two attached hydrogens (primary N) is 1. The Balaban J connectivity index is 2.22. The third kappa shape index (κ3) is 2.19. The van der Waals surface area contributed by atoms with Gasteiger partial charge in [-0.2, -0.15) is 0 Å². The summed E-state index contributed by atoms with van der Waals surface area (Å²) in [6, 6.07) is 0.964. The molecule has 0 atom stereocenters. The first-order valence-electron chi connectivity index (χ1n) is 6.12. The zero-order chi connectivity index (χ0) is 11.5. The molecule has 90 valence electrons. The predicted molar refractivity (Wildman–Crippen MR) is 64.4 cm³/mol. The smallest absolute Gasteiger partial charge is 0.225 e. The van der Waals surface area contributed by atoms with Crippen LogP contribution in [0.2, 0.25) is 0 Å². The quantitative estimate of drug-likeness (QED) is 0.790. The van der Waals surface area contributed by atoms with Crippen molar-refractivity contribution in [2.24, 2.45) is 5.73 Å². The fourth-order valence-corrected chi connectivity index (χ4v) is 2.01. The Labute approximate surface area is 96.4 Å². The van der Waals surface area contributed by atoms with Crippen LogP contribution in [0.1, 0.15) is 45.0 Å². The van der Waals surface area contributed by atoms with Crippen LogP contribution in [-0.2, 0) is 6.42 Å². The minimum absolute atomic E-state index is 0.383. The van der Waals surface area contributed by atoms with Gasteiger partial charge < -0.3 is 11.1 Å². The van der Waals surface area contributed by atoms with Gasteiger partial charge in [-0.3, -0.25) is 4.57 Å². The Morgan fingerprint density at radius 1 is 1.44 bits per heavy atom. The highest BCUT2D eigenvalue weighted by molar-refractivity contribution is 5.28. The molecule has 0 unspecified atom stereocenters. The van der Waals surface area contributed by atoms with E-state index in [0.29, 0.717) is 18.6 Å². The molecule has 1 aromatic heterocycles. The summed E-state index contributed by atoms with van der Waals surface area (Å²) >= 11 is 0. The lowest BCUT2D eigenvalue weighted by Gasteiger charge is -2.29. The molecule has 0 radical (unpaired) electrons. The fraction of sp³-hybridized carbons (Fsp3) is 0.818. The van der Waals surface area contributed by atoms with E-state index in [4.69, 9.17) is 5.73 Å². The summed E-state index contributed by atoms with van der Waals surface area (Å²) in [6.07, 6.45) is 4.60. The number of rotatable bonds is 5. The fourth-order valence-electron chi connectivity index (χ4n) is 2.01. The van der Waals surface area contributed by atoms with Gasteiger partial charge in [-0.25, -0.2) is 0 Å². The first-order chi connectivity index (χ1) is 7.72. The normalized spacial score (nSPS) is 16.5. The molecule has 1 fully saturated rings. The van der Waals surface area contributed by atoms with Crippen LogP contribution in [0.3, 0.4) is 0 Å². The van der Waals surface area contributed by atoms with Crippen molar-refractivity contribution in [2.75, 3.05) is 11.9 Å². The Hall–Kier alpha value is -1.10. The molecule has 3 N–H and O–H groups in total. The predicted octanol–water partition coefficient (Wildman–Crippen LogP) is 1.32. The number of nitrogens with zero attached hydrogens (tertiary/aromatic N) is 3. The number of hydrogen-bond acceptors (Lipinski definition) is 4. The van der Waals surface area contributed by atoms with Crippen LogP contribution < -0.4 is 11.1 Å². The Bertz CT molecular complexity index is 340. The summed E-state index contributed by atoms with van der Waals surface area (Å²) in [5, 5.41) is 11.8. The van der Waals surface area contributed by atoms with Gasteiger partial charge in [-0.05, 0) is 39.7 Å². The lowest BCUT2D eigenvalue weighted by atomic mass is 9.92. The molecule has 0 amide bonds. The van der Waals surface area contributed by atoms with Crippen LogP contribution in [0.4, 0.5) is 5.95 Å². The molecule has 16 heavy (non-hydrogen) atoms. The zero-order valence-electron chi connectivity index (χ0n) is 10.1. The summed E-state index contributed by atoms with van der Waals surface area (Å²) < 4.78 is 2.25. The van der Waals surface area contributed by atoms with Crippen molar-refractivity contribution in [2.45, 2.75) is 51.6 Å². The van der Waals surface area contributed by atoms with E-state index in [-0.39, 0.29) is 0 Å². The third-order valence-electron chi connectivity index (χ3n) is 2.99. The summed E-state index contributed by atoms with van der Waals surface area (Å²) in [5.74, 6) is 1.93. The molecule has 1 heterocycles. The average molecular weight is 223 g/mol. The van der Waals surface area contributed by atoms with E-state index in [2.05, 4.69) is 33.9 Å². The molecule has 0 aliphatic heterocycles. The molecule has 0 spiro atoms. The number of nitrogens with one attached hydrogen (secondary N) is 1. The molecular weight excluding hydrogens is 202 g/mol. The highest BCUT2D eigenvalue weighted by atomic mass is 15.4. The number of hydrogen-bond donors (Lipinski definition) is 2. The lowest BCUT2D eigenvalue weighted by molar-refractivity contribution is 0.308. The van der Waals surface area contributed by atoms with Crippen LogP contribution in [0.15, 0.2) is 0 Å². The summed E-state index contributed by atoms with van der Waals surface area (Å²) in [7, 11) is 0. The van der Waals surface area contributed by atoms with Crippen LogP contribution in [0.5, 0.6) is 0 Å². The van der Waals surface area contributed by atoms with Gasteiger partial charge >= 0.3 is 0 Å². The maximum Gasteiger partial charge on any atom is 0.225 e. The molecule has 1 aliphatic rings. The minimum atomic E-state index is 0.383. The maximum atomic E-state index is 5.60. The largest absolute Gasteiger partial charge is 0.352 e. The van der Waals surface area contributed by atoms with Crippen molar-refractivity contribution in [3.8, 4) is 0 Å². The minimum Gasteiger partial charge on any atom is -0.352 e. The SMILES string of the molecule is CC(C)Nc1nnc(CCN)n1C1CCC1. The van der Waals surface area contributed by atoms with Gasteiger partial charge in [-0.15, -0.1) is 10.2 Å². The van der Waals surface area contributed by atoms with Crippen molar-refractivity contribution in [1.29, 1.82) is 0 Å². The van der Waals surface area contributed by atoms with Crippen molar-refractivity contribution in [3.63, 3.8) is 0 Å². The molecular formula is C11H21N5. The first kappa shape index (κ1) is 11.4. The second kappa shape index (κ2) is 4.82. The van der Waals surface area contributed by atoms with E-state index in [9.17, 15) is 0 Å². The Morgan fingerprint density at radius 3 is 2.69 bits per heavy atom. The third-order valence-corrected chi connectivity index (χ3v) is 2.99. The van der Waals surface area contributed by atoms with E-state index < -0.39 is 0 Å². The van der Waals surface area contributed by atoms with E-state index in [0.717, 1.165) is 18.2 Å². The van der Waals surface area contributed by atoms with Gasteiger partial charge in [0.05, 0.1) is 0 Å². The summed E-state index contributed by atoms with van der Waals surface area (Å²) in [5.41, 5.74) is 5.60. The molecule has 0 bridgehead atoms. The van der Waals surface area contributed by atoms with Crippen molar-refractivity contribution < 1.29 is 0 Å². The van der Waals surface area contributed by atoms with Gasteiger partial charge in [0.25, 0.3) is 0 Å². The Morgan fingerprint density at radius 2 is 2.19 bits per heavy atom. The van der Waals surface area contributed by atoms with Gasteiger partial charge in [0.1, 0.15) is 5.82 Å². The highest BCUT2D eigenvalue weighted by Gasteiger charge is 2.25. The summed E-state index contributed by atoms with van der Waals surface area (Å²) in [4.78, 5) is 0. The van der Waals surface area contributed by atoms with Gasteiger partial charge in [0.15, 0.2) is 0 Å². The van der Waals surface area contributed by atoms with Gasteiger partial charge in [-0.1, -0.05) is 0 Å². The van der Waals surface area contributed by atoms with Crippen molar-refractivity contribution in [1.82, 2.24) is 14.8 Å². The van der Waals surface area contributed by atoms with Gasteiger partial charge in [0.2, 0.25) is 5.95 Å². The summed E-state index contributed by atoms with van der Waals surface area (Å²) in [6.45, 7) is 4.86. The van der Waals surface area contributed by atoms with Crippen LogP contribution in [-0.4, -0.2) is 27.4 Å². The van der Waals surface area contributed by atoms with E-state index in [1.165, 1.54) is 19.3 Å². The topological polar surface area (TPSA) is 68.8 Å². The van der Waals surface area contributed by atoms with Crippen LogP contribution in [0, 0.1) is 0 Å². The molecule has 1 aromatic rings. The second-order valence-electron chi connectivity index (χ2n) is 4.73. The molecule has 0 saturated heterocycles. The zero-order valence-corrected chi connectivity index (χ0v) is 10.1. The monoisotopic (exact) mass is 223 g/mol. The number of aromatic nitrogens is 3. The van der Waals surface area contributed by atoms with E-state index in [1.807, 2.05) is 0 Å². The first-order valence-corrected chi connectivity index (χ1v) is 6.12.